The van der Waals surface area contributed by atoms with Gasteiger partial charge in [-0.05, 0) is 40.3 Å². The Morgan fingerprint density at radius 2 is 1.91 bits per heavy atom. The molecule has 0 unspecified atom stereocenters. The highest BCUT2D eigenvalue weighted by Gasteiger charge is 2.24. The first-order valence-corrected chi connectivity index (χ1v) is 8.54. The number of H-pyrrole nitrogens is 1. The van der Waals surface area contributed by atoms with E-state index in [-0.39, 0.29) is 5.91 Å². The van der Waals surface area contributed by atoms with Crippen LogP contribution in [0.3, 0.4) is 0 Å². The molecule has 0 atom stereocenters. The minimum Gasteiger partial charge on any atom is -0.335 e. The van der Waals surface area contributed by atoms with E-state index >= 15 is 0 Å². The molecule has 1 aromatic carbocycles. The fourth-order valence-corrected chi connectivity index (χ4v) is 3.15. The van der Waals surface area contributed by atoms with Crippen molar-refractivity contribution in [2.75, 3.05) is 26.2 Å². The molecule has 1 aliphatic heterocycles. The van der Waals surface area contributed by atoms with Gasteiger partial charge in [0.1, 0.15) is 5.69 Å². The lowest BCUT2D eigenvalue weighted by Gasteiger charge is -2.34. The van der Waals surface area contributed by atoms with Gasteiger partial charge in [0.25, 0.3) is 5.91 Å². The molecule has 1 amide bonds. The van der Waals surface area contributed by atoms with Crippen LogP contribution >= 0.6 is 34.2 Å². The number of nitrogens with one attached hydrogen (secondary N) is 1. The van der Waals surface area contributed by atoms with Crippen molar-refractivity contribution in [1.29, 1.82) is 0 Å². The lowest BCUT2D eigenvalue weighted by molar-refractivity contribution is 0.0621. The maximum atomic E-state index is 12.4. The van der Waals surface area contributed by atoms with Gasteiger partial charge < -0.3 is 4.90 Å². The molecule has 1 N–H and O–H groups in total. The molecule has 0 radical (unpaired) electrons. The summed E-state index contributed by atoms with van der Waals surface area (Å²) in [6.45, 7) is 4.11. The van der Waals surface area contributed by atoms with E-state index in [1.54, 1.807) is 6.20 Å². The lowest BCUT2D eigenvalue weighted by Crippen LogP contribution is -2.48. The highest BCUT2D eigenvalue weighted by atomic mass is 127. The van der Waals surface area contributed by atoms with Crippen LogP contribution in [0.4, 0.5) is 0 Å². The summed E-state index contributed by atoms with van der Waals surface area (Å²) in [5, 5.41) is 7.46. The smallest absolute Gasteiger partial charge is 0.273 e. The van der Waals surface area contributed by atoms with E-state index in [2.05, 4.69) is 37.7 Å². The van der Waals surface area contributed by atoms with E-state index in [0.29, 0.717) is 5.69 Å². The zero-order valence-corrected chi connectivity index (χ0v) is 14.8. The Morgan fingerprint density at radius 1 is 1.23 bits per heavy atom. The average molecular weight is 431 g/mol. The quantitative estimate of drug-likeness (QED) is 0.762. The summed E-state index contributed by atoms with van der Waals surface area (Å²) in [4.78, 5) is 16.6. The first-order valence-electron chi connectivity index (χ1n) is 7.08. The van der Waals surface area contributed by atoms with Crippen molar-refractivity contribution < 1.29 is 4.79 Å². The van der Waals surface area contributed by atoms with Crippen LogP contribution in [0.5, 0.6) is 0 Å². The molecule has 1 aromatic heterocycles. The third-order valence-electron chi connectivity index (χ3n) is 3.79. The zero-order chi connectivity index (χ0) is 15.5. The van der Waals surface area contributed by atoms with Crippen LogP contribution in [-0.2, 0) is 6.54 Å². The summed E-state index contributed by atoms with van der Waals surface area (Å²) in [6.07, 6.45) is 1.67. The second-order valence-electron chi connectivity index (χ2n) is 5.29. The van der Waals surface area contributed by atoms with Crippen LogP contribution in [-0.4, -0.2) is 52.1 Å². The van der Waals surface area contributed by atoms with Gasteiger partial charge in [0.05, 0.1) is 9.77 Å². The Kier molecular flexibility index (Phi) is 5.00. The van der Waals surface area contributed by atoms with Gasteiger partial charge >= 0.3 is 0 Å². The fourth-order valence-electron chi connectivity index (χ4n) is 2.54. The lowest BCUT2D eigenvalue weighted by atomic mass is 10.2. The van der Waals surface area contributed by atoms with Gasteiger partial charge in [0, 0.05) is 37.7 Å². The van der Waals surface area contributed by atoms with E-state index in [1.807, 2.05) is 29.2 Å². The van der Waals surface area contributed by atoms with Crippen molar-refractivity contribution >= 4 is 40.1 Å². The minimum atomic E-state index is 0.0352. The number of benzene rings is 1. The third kappa shape index (κ3) is 3.61. The summed E-state index contributed by atoms with van der Waals surface area (Å²) in [5.74, 6) is 0.0352. The van der Waals surface area contributed by atoms with E-state index < -0.39 is 0 Å². The molecule has 2 aromatic rings. The van der Waals surface area contributed by atoms with Gasteiger partial charge in [-0.3, -0.25) is 14.8 Å². The number of aromatic nitrogens is 2. The van der Waals surface area contributed by atoms with Crippen molar-refractivity contribution in [2.24, 2.45) is 0 Å². The molecule has 0 bridgehead atoms. The van der Waals surface area contributed by atoms with E-state index in [4.69, 9.17) is 11.6 Å². The number of piperazine rings is 1. The fraction of sp³-hybridized carbons (Fsp3) is 0.333. The molecular weight excluding hydrogens is 415 g/mol. The zero-order valence-electron chi connectivity index (χ0n) is 11.9. The number of carbonyl (C=O) groups excluding carboxylic acids is 1. The maximum absolute atomic E-state index is 12.4. The van der Waals surface area contributed by atoms with Crippen molar-refractivity contribution in [3.8, 4) is 0 Å². The number of nitrogens with zero attached hydrogens (tertiary/aromatic N) is 3. The van der Waals surface area contributed by atoms with Crippen LogP contribution in [0, 0.1) is 3.57 Å². The van der Waals surface area contributed by atoms with Crippen molar-refractivity contribution in [2.45, 2.75) is 6.54 Å². The topological polar surface area (TPSA) is 52.2 Å². The monoisotopic (exact) mass is 430 g/mol. The predicted octanol–water partition coefficient (Wildman–Crippen LogP) is 2.63. The van der Waals surface area contributed by atoms with Crippen LogP contribution in [0.2, 0.25) is 5.02 Å². The van der Waals surface area contributed by atoms with Gasteiger partial charge in [-0.15, -0.1) is 0 Å². The summed E-state index contributed by atoms with van der Waals surface area (Å²) in [6, 6.07) is 7.92. The van der Waals surface area contributed by atoms with Crippen molar-refractivity contribution in [3.05, 3.63) is 50.3 Å². The van der Waals surface area contributed by atoms with Crippen LogP contribution in [0.15, 0.2) is 30.5 Å². The highest BCUT2D eigenvalue weighted by Crippen LogP contribution is 2.15. The van der Waals surface area contributed by atoms with Crippen molar-refractivity contribution in [1.82, 2.24) is 20.0 Å². The minimum absolute atomic E-state index is 0.0352. The average Bonchev–Trinajstić information content (AvgIpc) is 2.96. The van der Waals surface area contributed by atoms with Gasteiger partial charge in [-0.1, -0.05) is 23.7 Å². The summed E-state index contributed by atoms with van der Waals surface area (Å²) in [7, 11) is 0. The molecule has 22 heavy (non-hydrogen) atoms. The van der Waals surface area contributed by atoms with Crippen LogP contribution in [0.1, 0.15) is 16.1 Å². The molecule has 1 fully saturated rings. The number of amides is 1. The largest absolute Gasteiger partial charge is 0.335 e. The normalized spacial score (nSPS) is 16.0. The summed E-state index contributed by atoms with van der Waals surface area (Å²) >= 11 is 8.03. The summed E-state index contributed by atoms with van der Waals surface area (Å²) in [5.41, 5.74) is 1.83. The Labute approximate surface area is 147 Å². The number of aromatic amines is 1. The predicted molar refractivity (Wildman–Crippen MR) is 93.9 cm³/mol. The van der Waals surface area contributed by atoms with Gasteiger partial charge in [-0.2, -0.15) is 5.10 Å². The van der Waals surface area contributed by atoms with Gasteiger partial charge in [-0.25, -0.2) is 0 Å². The molecule has 0 spiro atoms. The third-order valence-corrected chi connectivity index (χ3v) is 4.86. The number of carbonyl (C=O) groups is 1. The molecule has 0 aliphatic carbocycles. The number of rotatable bonds is 3. The van der Waals surface area contributed by atoms with E-state index in [9.17, 15) is 4.79 Å². The molecular formula is C15H16ClIN4O. The second kappa shape index (κ2) is 6.97. The van der Waals surface area contributed by atoms with E-state index in [1.165, 1.54) is 5.56 Å². The molecule has 1 saturated heterocycles. The maximum Gasteiger partial charge on any atom is 0.273 e. The van der Waals surface area contributed by atoms with Gasteiger partial charge in [0.2, 0.25) is 0 Å². The molecule has 7 heteroatoms. The first kappa shape index (κ1) is 15.8. The second-order valence-corrected chi connectivity index (χ2v) is 6.89. The van der Waals surface area contributed by atoms with E-state index in [0.717, 1.165) is 41.3 Å². The number of hydrogen-bond acceptors (Lipinski definition) is 3. The standard InChI is InChI=1S/C15H16ClIN4O/c16-12-3-1-11(2-4-12)10-20-5-7-21(8-6-20)15(22)14-13(17)9-18-19-14/h1-4,9H,5-8,10H2,(H,18,19). The number of hydrogen-bond donors (Lipinski definition) is 1. The Morgan fingerprint density at radius 3 is 2.50 bits per heavy atom. The molecule has 0 saturated carbocycles. The molecule has 116 valence electrons. The van der Waals surface area contributed by atoms with Crippen LogP contribution in [0.25, 0.3) is 0 Å². The first-order chi connectivity index (χ1) is 10.6. The molecule has 3 rings (SSSR count). The molecule has 2 heterocycles. The molecule has 1 aliphatic rings. The Bertz CT molecular complexity index is 650. The van der Waals surface area contributed by atoms with Crippen molar-refractivity contribution in [3.63, 3.8) is 0 Å². The molecule has 5 nitrogen and oxygen atoms in total. The van der Waals surface area contributed by atoms with Gasteiger partial charge in [0.15, 0.2) is 0 Å². The Balaban J connectivity index is 1.55. The SMILES string of the molecule is O=C(c1[nH]ncc1I)N1CCN(Cc2ccc(Cl)cc2)CC1. The highest BCUT2D eigenvalue weighted by molar-refractivity contribution is 14.1. The Hall–Kier alpha value is -1.12. The number of halogens is 2. The summed E-state index contributed by atoms with van der Waals surface area (Å²) < 4.78 is 0.867. The van der Waals surface area contributed by atoms with Crippen LogP contribution < -0.4 is 0 Å².